The molecule has 560 valence electrons. The van der Waals surface area contributed by atoms with E-state index in [1.807, 2.05) is 48.5 Å². The van der Waals surface area contributed by atoms with Crippen molar-refractivity contribution in [2.45, 2.75) is 45.7 Å². The zero-order valence-electron chi connectivity index (χ0n) is 65.4. The first-order chi connectivity index (χ1) is 56.9. The number of aromatic nitrogens is 4. The van der Waals surface area contributed by atoms with Gasteiger partial charge in [-0.2, -0.15) is 0 Å². The zero-order chi connectivity index (χ0) is 79.4. The Hall–Kier alpha value is -13.4. The molecule has 116 heavy (non-hydrogen) atoms. The Morgan fingerprint density at radius 3 is 0.853 bits per heavy atom. The molecule has 18 aromatic rings. The normalized spacial score (nSPS) is 12.5. The molecular formula is C105H85B2BrN6O2. The van der Waals surface area contributed by atoms with Gasteiger partial charge in [0, 0.05) is 61.1 Å². The molecule has 2 aromatic heterocycles. The van der Waals surface area contributed by atoms with Crippen LogP contribution in [0.4, 0.5) is 34.1 Å². The molecule has 0 N–H and O–H groups in total. The number of imidazole rings is 2. The summed E-state index contributed by atoms with van der Waals surface area (Å²) in [5.74, 6) is 1.83. The lowest BCUT2D eigenvalue weighted by Crippen LogP contribution is -2.41. The van der Waals surface area contributed by atoms with Gasteiger partial charge in [-0.1, -0.05) is 308 Å². The molecule has 2 radical (unpaired) electrons. The Balaban J connectivity index is 0.000000136. The number of rotatable bonds is 16. The van der Waals surface area contributed by atoms with E-state index in [4.69, 9.17) is 19.3 Å². The van der Waals surface area contributed by atoms with Crippen molar-refractivity contribution in [1.82, 2.24) is 19.1 Å². The zero-order valence-corrected chi connectivity index (χ0v) is 67.0. The predicted molar refractivity (Wildman–Crippen MR) is 491 cm³/mol. The van der Waals surface area contributed by atoms with Gasteiger partial charge in [0.05, 0.1) is 41.1 Å². The van der Waals surface area contributed by atoms with Crippen molar-refractivity contribution in [2.24, 2.45) is 0 Å². The van der Waals surface area contributed by atoms with Gasteiger partial charge in [0.25, 0.3) is 0 Å². The lowest BCUT2D eigenvalue weighted by atomic mass is 9.78. The second kappa shape index (κ2) is 34.9. The fourth-order valence-electron chi connectivity index (χ4n) is 14.8. The summed E-state index contributed by atoms with van der Waals surface area (Å²) in [5.41, 5.74) is 27.3. The standard InChI is InChI=1S/C49H35N3.C30H22BrN.C25H25BN2O2.CH3B/c1-4-13-36(14-5-1)38-23-29-44(30-24-38)51(45-31-25-39(26-32-45)37-15-6-2-7-16-37)46-33-27-40(28-34-46)41-17-12-18-42(35-41)49-50-47-21-10-11-22-48(47)52(49)43-19-8-3-9-20-43;31-27-15-21-30(22-16-27)32(28-17-11-25(12-18-28)23-7-3-1-4-8-23)29-19-13-26(14-20-29)24-9-5-2-6-10-24;1-24(2)25(3,4)30-26(29-24)19-12-10-11-18(17-19)23-27-21-15-8-9-16-22(21)28(23)20-13-6-5-7-14-20;1-2/h1-35H;1-22H;5-17H,1-4H3;1H3. The van der Waals surface area contributed by atoms with E-state index in [0.29, 0.717) is 0 Å². The number of halogens is 1. The predicted octanol–water partition coefficient (Wildman–Crippen LogP) is 27.6. The highest BCUT2D eigenvalue weighted by molar-refractivity contribution is 9.10. The summed E-state index contributed by atoms with van der Waals surface area (Å²) in [5, 5.41) is 0. The van der Waals surface area contributed by atoms with Crippen LogP contribution >= 0.6 is 15.9 Å². The van der Waals surface area contributed by atoms with Crippen molar-refractivity contribution < 1.29 is 9.31 Å². The molecule has 0 unspecified atom stereocenters. The van der Waals surface area contributed by atoms with Crippen LogP contribution in [-0.2, 0) is 9.31 Å². The first-order valence-electron chi connectivity index (χ1n) is 39.2. The van der Waals surface area contributed by atoms with Gasteiger partial charge in [-0.15, -0.1) is 0 Å². The van der Waals surface area contributed by atoms with E-state index in [1.54, 1.807) is 0 Å². The largest absolute Gasteiger partial charge is 0.494 e. The van der Waals surface area contributed by atoms with Crippen molar-refractivity contribution in [3.8, 4) is 89.8 Å². The molecule has 0 bridgehead atoms. The van der Waals surface area contributed by atoms with E-state index in [9.17, 15) is 0 Å². The number of nitrogens with zero attached hydrogens (tertiary/aromatic N) is 6. The maximum atomic E-state index is 6.27. The van der Waals surface area contributed by atoms with E-state index in [0.717, 1.165) is 111 Å². The monoisotopic (exact) mass is 1560 g/mol. The van der Waals surface area contributed by atoms with Crippen molar-refractivity contribution >= 4 is 92.5 Å². The molecule has 19 rings (SSSR count). The fraction of sp³-hybridized carbons (Fsp3) is 0.0667. The van der Waals surface area contributed by atoms with E-state index in [1.165, 1.54) is 51.3 Å². The highest BCUT2D eigenvalue weighted by Crippen LogP contribution is 2.42. The number of hydrogen-bond donors (Lipinski definition) is 0. The van der Waals surface area contributed by atoms with Gasteiger partial charge >= 0.3 is 7.12 Å². The van der Waals surface area contributed by atoms with Crippen LogP contribution in [0.5, 0.6) is 0 Å². The van der Waals surface area contributed by atoms with Gasteiger partial charge in [-0.05, 0) is 228 Å². The fourth-order valence-corrected chi connectivity index (χ4v) is 15.0. The van der Waals surface area contributed by atoms with E-state index in [2.05, 4.69) is 447 Å². The molecule has 16 aromatic carbocycles. The summed E-state index contributed by atoms with van der Waals surface area (Å²) in [6.07, 6.45) is 0. The molecule has 0 saturated carbocycles. The molecule has 0 amide bonds. The average molecular weight is 1560 g/mol. The lowest BCUT2D eigenvalue weighted by Gasteiger charge is -2.32. The van der Waals surface area contributed by atoms with E-state index < -0.39 is 7.12 Å². The minimum Gasteiger partial charge on any atom is -0.399 e. The second-order valence-electron chi connectivity index (χ2n) is 29.3. The van der Waals surface area contributed by atoms with E-state index in [-0.39, 0.29) is 11.2 Å². The summed E-state index contributed by atoms with van der Waals surface area (Å²) in [7, 11) is 4.10. The molecule has 0 aliphatic carbocycles. The van der Waals surface area contributed by atoms with Gasteiger partial charge in [-0.3, -0.25) is 9.13 Å². The molecular weight excluding hydrogens is 1480 g/mol. The summed E-state index contributed by atoms with van der Waals surface area (Å²) in [6, 6.07) is 149. The molecule has 1 aliphatic heterocycles. The Labute approximate surface area is 690 Å². The van der Waals surface area contributed by atoms with Crippen LogP contribution in [0.1, 0.15) is 27.7 Å². The third-order valence-electron chi connectivity index (χ3n) is 21.4. The van der Waals surface area contributed by atoms with Crippen LogP contribution in [0, 0.1) is 0 Å². The molecule has 3 heterocycles. The smallest absolute Gasteiger partial charge is 0.399 e. The molecule has 11 heteroatoms. The van der Waals surface area contributed by atoms with E-state index >= 15 is 0 Å². The van der Waals surface area contributed by atoms with Crippen LogP contribution in [0.2, 0.25) is 6.82 Å². The number of para-hydroxylation sites is 6. The quantitative estimate of drug-likeness (QED) is 0.0899. The van der Waals surface area contributed by atoms with Crippen LogP contribution in [0.15, 0.2) is 429 Å². The summed E-state index contributed by atoms with van der Waals surface area (Å²) in [4.78, 5) is 14.7. The highest BCUT2D eigenvalue weighted by Gasteiger charge is 2.52. The van der Waals surface area contributed by atoms with Gasteiger partial charge in [0.1, 0.15) is 11.6 Å². The number of fused-ring (bicyclic) bond motifs is 2. The van der Waals surface area contributed by atoms with Crippen molar-refractivity contribution in [1.29, 1.82) is 0 Å². The van der Waals surface area contributed by atoms with Gasteiger partial charge in [-0.25, -0.2) is 9.97 Å². The first-order valence-corrected chi connectivity index (χ1v) is 40.0. The second-order valence-corrected chi connectivity index (χ2v) is 30.2. The molecule has 0 atom stereocenters. The van der Waals surface area contributed by atoms with Crippen molar-refractivity contribution in [3.05, 3.63) is 429 Å². The maximum Gasteiger partial charge on any atom is 0.494 e. The Morgan fingerprint density at radius 2 is 0.517 bits per heavy atom. The maximum absolute atomic E-state index is 6.27. The Kier molecular flexibility index (Phi) is 23.0. The topological polar surface area (TPSA) is 60.6 Å². The molecule has 0 spiro atoms. The molecule has 8 nitrogen and oxygen atoms in total. The van der Waals surface area contributed by atoms with Crippen molar-refractivity contribution in [3.63, 3.8) is 0 Å². The third-order valence-corrected chi connectivity index (χ3v) is 21.9. The minimum atomic E-state index is -0.399. The van der Waals surface area contributed by atoms with Crippen LogP contribution in [0.3, 0.4) is 0 Å². The summed E-state index contributed by atoms with van der Waals surface area (Å²) in [6.45, 7) is 9.80. The summed E-state index contributed by atoms with van der Waals surface area (Å²) < 4.78 is 18.1. The Morgan fingerprint density at radius 1 is 0.267 bits per heavy atom. The Bertz CT molecular complexity index is 6080. The van der Waals surface area contributed by atoms with Crippen molar-refractivity contribution in [2.75, 3.05) is 9.80 Å². The molecule has 1 fully saturated rings. The number of anilines is 6. The van der Waals surface area contributed by atoms with Crippen LogP contribution < -0.4 is 15.3 Å². The first kappa shape index (κ1) is 76.6. The lowest BCUT2D eigenvalue weighted by molar-refractivity contribution is 0.00578. The third kappa shape index (κ3) is 16.8. The average Bonchev–Trinajstić information content (AvgIpc) is 1.63. The molecule has 1 aliphatic rings. The van der Waals surface area contributed by atoms with Gasteiger partial charge in [0.2, 0.25) is 0 Å². The van der Waals surface area contributed by atoms with Crippen LogP contribution in [0.25, 0.3) is 112 Å². The van der Waals surface area contributed by atoms with Gasteiger partial charge < -0.3 is 19.1 Å². The number of benzene rings is 16. The van der Waals surface area contributed by atoms with Crippen LogP contribution in [-0.4, -0.2) is 45.3 Å². The summed E-state index contributed by atoms with van der Waals surface area (Å²) >= 11 is 3.56. The minimum absolute atomic E-state index is 0.370. The number of hydrogen-bond acceptors (Lipinski definition) is 6. The van der Waals surface area contributed by atoms with Gasteiger partial charge in [0.15, 0.2) is 0 Å². The highest BCUT2D eigenvalue weighted by atomic mass is 79.9. The molecule has 1 saturated heterocycles. The SMILES string of the molecule is Brc1ccc(N(c2ccc(-c3ccccc3)cc2)c2ccc(-c3ccccc3)cc2)cc1.CC1(C)OB(c2cccc(-c3nc4ccccc4n3-c3ccccc3)c2)OC1(C)C.[B]C.c1ccc(-c2ccc(N(c3ccc(-c4ccccc4)cc3)c3ccc(-c4cccc(-c5nc6ccccc6n5-c5ccccc5)c4)cc3)cc2)cc1.